The highest BCUT2D eigenvalue weighted by molar-refractivity contribution is 7.47. The zero-order valence-corrected chi connectivity index (χ0v) is 37.5. The van der Waals surface area contributed by atoms with E-state index in [1.165, 1.54) is 122 Å². The Kier molecular flexibility index (Phi) is 42.0. The molecule has 10 heteroatoms. The summed E-state index contributed by atoms with van der Waals surface area (Å²) in [6, 6.07) is 0. The van der Waals surface area contributed by atoms with Gasteiger partial charge in [0.05, 0.1) is 13.2 Å². The molecule has 0 saturated heterocycles. The highest BCUT2D eigenvalue weighted by Gasteiger charge is 2.26. The van der Waals surface area contributed by atoms with E-state index in [1.54, 1.807) is 0 Å². The summed E-state index contributed by atoms with van der Waals surface area (Å²) >= 11 is 0. The third kappa shape index (κ3) is 43.4. The Morgan fingerprint density at radius 3 is 1.44 bits per heavy atom. The van der Waals surface area contributed by atoms with Crippen LogP contribution in [0.25, 0.3) is 0 Å². The Labute approximate surface area is 349 Å². The average molecular weight is 824 g/mol. The van der Waals surface area contributed by atoms with E-state index in [4.69, 9.17) is 24.3 Å². The Bertz CT molecular complexity index is 1080. The molecule has 1 unspecified atom stereocenters. The molecule has 0 saturated carbocycles. The van der Waals surface area contributed by atoms with Gasteiger partial charge in [0.25, 0.3) is 0 Å². The molecule has 0 fully saturated rings. The van der Waals surface area contributed by atoms with E-state index in [9.17, 15) is 19.0 Å². The summed E-state index contributed by atoms with van der Waals surface area (Å²) in [6.45, 7) is 3.66. The largest absolute Gasteiger partial charge is 0.472 e. The van der Waals surface area contributed by atoms with E-state index in [2.05, 4.69) is 62.5 Å². The maximum absolute atomic E-state index is 12.6. The fourth-order valence-electron chi connectivity index (χ4n) is 6.22. The number of hydrogen-bond acceptors (Lipinski definition) is 8. The summed E-state index contributed by atoms with van der Waals surface area (Å²) in [4.78, 5) is 34.9. The lowest BCUT2D eigenvalue weighted by atomic mass is 10.0. The van der Waals surface area contributed by atoms with Gasteiger partial charge in [-0.25, -0.2) is 4.57 Å². The molecule has 0 aromatic carbocycles. The number of phosphoric acid groups is 1. The molecule has 0 rings (SSSR count). The summed E-state index contributed by atoms with van der Waals surface area (Å²) in [5.41, 5.74) is 5.35. The van der Waals surface area contributed by atoms with Crippen LogP contribution < -0.4 is 5.73 Å². The molecule has 0 aliphatic rings. The molecule has 0 spiro atoms. The zero-order valence-electron chi connectivity index (χ0n) is 36.6. The topological polar surface area (TPSA) is 134 Å². The van der Waals surface area contributed by atoms with Crippen molar-refractivity contribution in [2.24, 2.45) is 5.73 Å². The predicted molar refractivity (Wildman–Crippen MR) is 238 cm³/mol. The van der Waals surface area contributed by atoms with Crippen molar-refractivity contribution < 1.29 is 37.6 Å². The van der Waals surface area contributed by atoms with Gasteiger partial charge >= 0.3 is 19.8 Å². The molecule has 0 aliphatic carbocycles. The molecule has 0 aliphatic heterocycles. The van der Waals surface area contributed by atoms with Crippen LogP contribution in [0.2, 0.25) is 0 Å². The second-order valence-electron chi connectivity index (χ2n) is 15.3. The van der Waals surface area contributed by atoms with Crippen molar-refractivity contribution in [2.45, 2.75) is 213 Å². The molecule has 57 heavy (non-hydrogen) atoms. The lowest BCUT2D eigenvalue weighted by Crippen LogP contribution is -2.29. The van der Waals surface area contributed by atoms with Crippen LogP contribution in [0.1, 0.15) is 206 Å². The minimum Gasteiger partial charge on any atom is -0.462 e. The van der Waals surface area contributed by atoms with Gasteiger partial charge in [0.2, 0.25) is 0 Å². The van der Waals surface area contributed by atoms with Gasteiger partial charge in [-0.2, -0.15) is 0 Å². The van der Waals surface area contributed by atoms with Crippen LogP contribution in [-0.4, -0.2) is 49.3 Å². The number of phosphoric ester groups is 1. The minimum atomic E-state index is -4.39. The first-order valence-corrected chi connectivity index (χ1v) is 24.6. The smallest absolute Gasteiger partial charge is 0.462 e. The first-order chi connectivity index (χ1) is 27.8. The standard InChI is InChI=1S/C47H86NO8P/c1-3-5-7-9-11-13-15-17-19-20-21-22-23-24-26-27-29-31-33-35-37-39-46(49)53-43-45(44-55-57(51,52)54-42-41-48)56-47(50)40-38-36-34-32-30-28-25-18-16-14-12-10-8-6-4-2/h12,14,17-19,25,30,32,45H,3-11,13,15-16,20-24,26-29,31,33-44,48H2,1-2H3,(H,51,52)/t45-/m1/s1. The number of nitrogens with two attached hydrogens (primary N) is 1. The molecule has 0 heterocycles. The monoisotopic (exact) mass is 824 g/mol. The number of rotatable bonds is 43. The molecule has 0 bridgehead atoms. The minimum absolute atomic E-state index is 0.0462. The van der Waals surface area contributed by atoms with Gasteiger partial charge in [-0.05, 0) is 77.0 Å². The molecule has 2 atom stereocenters. The van der Waals surface area contributed by atoms with E-state index in [0.29, 0.717) is 6.42 Å². The van der Waals surface area contributed by atoms with Gasteiger partial charge in [0.1, 0.15) is 6.61 Å². The Hall–Kier alpha value is -2.03. The van der Waals surface area contributed by atoms with Gasteiger partial charge in [0, 0.05) is 19.4 Å². The summed E-state index contributed by atoms with van der Waals surface area (Å²) in [5.74, 6) is -0.872. The molecule has 9 nitrogen and oxygen atoms in total. The van der Waals surface area contributed by atoms with Crippen LogP contribution in [0.3, 0.4) is 0 Å². The second-order valence-corrected chi connectivity index (χ2v) is 16.7. The number of esters is 2. The van der Waals surface area contributed by atoms with Crippen LogP contribution >= 0.6 is 7.82 Å². The third-order valence-corrected chi connectivity index (χ3v) is 10.7. The maximum atomic E-state index is 12.6. The first kappa shape index (κ1) is 55.0. The zero-order chi connectivity index (χ0) is 41.8. The van der Waals surface area contributed by atoms with Crippen molar-refractivity contribution in [1.82, 2.24) is 0 Å². The van der Waals surface area contributed by atoms with Crippen LogP contribution in [0.4, 0.5) is 0 Å². The van der Waals surface area contributed by atoms with Crippen LogP contribution in [0.15, 0.2) is 48.6 Å². The van der Waals surface area contributed by atoms with Crippen molar-refractivity contribution >= 4 is 19.8 Å². The SMILES string of the molecule is CCCCCC=CCC=CCC=CCCCCC(=O)O[C@H](COC(=O)CCCCCCCCCCCCCC=CCCCCCCCC)COP(=O)(O)OCCN. The molecular weight excluding hydrogens is 737 g/mol. The van der Waals surface area contributed by atoms with Gasteiger partial charge in [-0.3, -0.25) is 18.6 Å². The highest BCUT2D eigenvalue weighted by atomic mass is 31.2. The van der Waals surface area contributed by atoms with Gasteiger partial charge in [0.15, 0.2) is 6.10 Å². The van der Waals surface area contributed by atoms with E-state index in [-0.39, 0.29) is 32.6 Å². The van der Waals surface area contributed by atoms with Crippen molar-refractivity contribution in [2.75, 3.05) is 26.4 Å². The van der Waals surface area contributed by atoms with Crippen molar-refractivity contribution in [1.29, 1.82) is 0 Å². The third-order valence-electron chi connectivity index (χ3n) is 9.69. The number of allylic oxidation sites excluding steroid dienone is 8. The fraction of sp³-hybridized carbons (Fsp3) is 0.787. The Morgan fingerprint density at radius 1 is 0.526 bits per heavy atom. The quantitative estimate of drug-likeness (QED) is 0.0267. The van der Waals surface area contributed by atoms with Crippen LogP contribution in [-0.2, 0) is 32.7 Å². The molecule has 3 N–H and O–H groups in total. The maximum Gasteiger partial charge on any atom is 0.472 e. The highest BCUT2D eigenvalue weighted by Crippen LogP contribution is 2.43. The molecule has 332 valence electrons. The number of carbonyl (C=O) groups is 2. The number of hydrogen-bond donors (Lipinski definition) is 2. The second kappa shape index (κ2) is 43.5. The van der Waals surface area contributed by atoms with Crippen molar-refractivity contribution in [3.8, 4) is 0 Å². The number of unbranched alkanes of at least 4 members (excludes halogenated alkanes) is 22. The lowest BCUT2D eigenvalue weighted by Gasteiger charge is -2.19. The van der Waals surface area contributed by atoms with Gasteiger partial charge < -0.3 is 20.1 Å². The van der Waals surface area contributed by atoms with Crippen LogP contribution in [0.5, 0.6) is 0 Å². The average Bonchev–Trinajstić information content (AvgIpc) is 3.20. The van der Waals surface area contributed by atoms with E-state index < -0.39 is 32.5 Å². The Balaban J connectivity index is 4.13. The van der Waals surface area contributed by atoms with Gasteiger partial charge in [-0.15, -0.1) is 0 Å². The van der Waals surface area contributed by atoms with Crippen molar-refractivity contribution in [3.63, 3.8) is 0 Å². The van der Waals surface area contributed by atoms with Gasteiger partial charge in [-0.1, -0.05) is 165 Å². The van der Waals surface area contributed by atoms with E-state index in [0.717, 1.165) is 51.4 Å². The first-order valence-electron chi connectivity index (χ1n) is 23.1. The number of ether oxygens (including phenoxy) is 2. The van der Waals surface area contributed by atoms with Crippen molar-refractivity contribution in [3.05, 3.63) is 48.6 Å². The predicted octanol–water partition coefficient (Wildman–Crippen LogP) is 13.5. The normalized spacial score (nSPS) is 13.7. The molecule has 0 aromatic heterocycles. The van der Waals surface area contributed by atoms with Crippen LogP contribution in [0, 0.1) is 0 Å². The summed E-state index contributed by atoms with van der Waals surface area (Å²) in [6.07, 6.45) is 50.1. The molecule has 0 amide bonds. The summed E-state index contributed by atoms with van der Waals surface area (Å²) in [7, 11) is -4.39. The molecular formula is C47H86NO8P. The summed E-state index contributed by atoms with van der Waals surface area (Å²) < 4.78 is 32.8. The van der Waals surface area contributed by atoms with E-state index >= 15 is 0 Å². The fourth-order valence-corrected chi connectivity index (χ4v) is 6.99. The lowest BCUT2D eigenvalue weighted by molar-refractivity contribution is -0.161. The van der Waals surface area contributed by atoms with E-state index in [1.807, 2.05) is 0 Å². The molecule has 0 aromatic rings. The number of carbonyl (C=O) groups excluding carboxylic acids is 2. The molecule has 0 radical (unpaired) electrons. The summed E-state index contributed by atoms with van der Waals surface area (Å²) in [5, 5.41) is 0. The Morgan fingerprint density at radius 2 is 0.912 bits per heavy atom.